The van der Waals surface area contributed by atoms with Gasteiger partial charge in [0.15, 0.2) is 0 Å². The summed E-state index contributed by atoms with van der Waals surface area (Å²) >= 11 is 0. The fourth-order valence-corrected chi connectivity index (χ4v) is 1.90. The van der Waals surface area contributed by atoms with Gasteiger partial charge in [-0.15, -0.1) is 0 Å². The summed E-state index contributed by atoms with van der Waals surface area (Å²) in [6.45, 7) is 6.46. The molecule has 5 heteroatoms. The lowest BCUT2D eigenvalue weighted by Gasteiger charge is -2.24. The van der Waals surface area contributed by atoms with Crippen molar-refractivity contribution >= 4 is 5.97 Å². The van der Waals surface area contributed by atoms with Crippen LogP contribution in [0.15, 0.2) is 43.0 Å². The zero-order chi connectivity index (χ0) is 15.3. The topological polar surface area (TPSA) is 56.1 Å². The minimum absolute atomic E-state index is 0.236. The van der Waals surface area contributed by atoms with Gasteiger partial charge >= 0.3 is 5.97 Å². The molecular formula is C16H21N3O2. The van der Waals surface area contributed by atoms with E-state index in [0.717, 1.165) is 11.3 Å². The number of aromatic nitrogens is 2. The van der Waals surface area contributed by atoms with Crippen LogP contribution in [0.4, 0.5) is 0 Å². The van der Waals surface area contributed by atoms with E-state index in [0.29, 0.717) is 13.2 Å². The van der Waals surface area contributed by atoms with Crippen molar-refractivity contribution in [1.29, 1.82) is 0 Å². The Bertz CT molecular complexity index is 574. The number of benzene rings is 1. The Balaban J connectivity index is 1.96. The average Bonchev–Trinajstić information content (AvgIpc) is 3.00. The number of rotatable bonds is 6. The largest absolute Gasteiger partial charge is 0.465 e. The number of hydrogen-bond acceptors (Lipinski definition) is 4. The third kappa shape index (κ3) is 3.92. The maximum atomic E-state index is 11.8. The zero-order valence-electron chi connectivity index (χ0n) is 12.7. The molecule has 2 rings (SSSR count). The van der Waals surface area contributed by atoms with E-state index in [9.17, 15) is 4.79 Å². The summed E-state index contributed by atoms with van der Waals surface area (Å²) in [5.41, 5.74) is 1.47. The van der Waals surface area contributed by atoms with Gasteiger partial charge in [0.1, 0.15) is 5.54 Å². The van der Waals surface area contributed by atoms with Crippen LogP contribution in [-0.4, -0.2) is 27.7 Å². The van der Waals surface area contributed by atoms with E-state index < -0.39 is 5.54 Å². The van der Waals surface area contributed by atoms with Crippen LogP contribution >= 0.6 is 0 Å². The molecule has 2 aromatic rings. The van der Waals surface area contributed by atoms with Crippen molar-refractivity contribution in [3.63, 3.8) is 0 Å². The molecule has 0 radical (unpaired) electrons. The predicted molar refractivity (Wildman–Crippen MR) is 81.1 cm³/mol. The number of carbonyl (C=O) groups is 1. The lowest BCUT2D eigenvalue weighted by molar-refractivity contribution is -0.149. The number of nitrogens with zero attached hydrogens (tertiary/aromatic N) is 2. The van der Waals surface area contributed by atoms with Crippen LogP contribution in [0.3, 0.4) is 0 Å². The second-order valence-electron chi connectivity index (χ2n) is 5.34. The molecule has 0 aliphatic carbocycles. The van der Waals surface area contributed by atoms with Crippen LogP contribution in [0.5, 0.6) is 0 Å². The Morgan fingerprint density at radius 1 is 1.33 bits per heavy atom. The highest BCUT2D eigenvalue weighted by Gasteiger charge is 2.28. The maximum Gasteiger partial charge on any atom is 0.325 e. The molecule has 0 saturated carbocycles. The van der Waals surface area contributed by atoms with E-state index >= 15 is 0 Å². The van der Waals surface area contributed by atoms with Crippen LogP contribution in [0, 0.1) is 0 Å². The molecule has 0 fully saturated rings. The summed E-state index contributed by atoms with van der Waals surface area (Å²) in [5, 5.41) is 3.22. The van der Waals surface area contributed by atoms with E-state index in [-0.39, 0.29) is 5.97 Å². The smallest absolute Gasteiger partial charge is 0.325 e. The van der Waals surface area contributed by atoms with Gasteiger partial charge in [-0.3, -0.25) is 10.1 Å². The minimum Gasteiger partial charge on any atom is -0.465 e. The molecule has 0 amide bonds. The SMILES string of the molecule is CCOC(=O)C(C)(C)NCc1ccc(-n2ccnc2)cc1. The Morgan fingerprint density at radius 3 is 2.62 bits per heavy atom. The highest BCUT2D eigenvalue weighted by atomic mass is 16.5. The molecule has 21 heavy (non-hydrogen) atoms. The zero-order valence-corrected chi connectivity index (χ0v) is 12.7. The molecule has 0 aliphatic heterocycles. The molecule has 1 aromatic heterocycles. The molecule has 0 unspecified atom stereocenters. The van der Waals surface area contributed by atoms with Gasteiger partial charge in [0.2, 0.25) is 0 Å². The van der Waals surface area contributed by atoms with Gasteiger partial charge in [-0.2, -0.15) is 0 Å². The summed E-state index contributed by atoms with van der Waals surface area (Å²) in [4.78, 5) is 15.8. The quantitative estimate of drug-likeness (QED) is 0.828. The summed E-state index contributed by atoms with van der Waals surface area (Å²) in [6.07, 6.45) is 5.41. The first kappa shape index (κ1) is 15.3. The molecule has 0 bridgehead atoms. The Morgan fingerprint density at radius 2 is 2.05 bits per heavy atom. The van der Waals surface area contributed by atoms with Crippen molar-refractivity contribution in [3.05, 3.63) is 48.5 Å². The summed E-state index contributed by atoms with van der Waals surface area (Å²) < 4.78 is 7.00. The standard InChI is InChI=1S/C16H21N3O2/c1-4-21-15(20)16(2,3)18-11-13-5-7-14(8-6-13)19-10-9-17-12-19/h5-10,12,18H,4,11H2,1-3H3. The van der Waals surface area contributed by atoms with Gasteiger partial charge < -0.3 is 9.30 Å². The summed E-state index contributed by atoms with van der Waals surface area (Å²) in [7, 11) is 0. The molecule has 1 heterocycles. The Hall–Kier alpha value is -2.14. The van der Waals surface area contributed by atoms with Gasteiger partial charge in [0.05, 0.1) is 12.9 Å². The van der Waals surface area contributed by atoms with E-state index in [1.54, 1.807) is 12.5 Å². The third-order valence-electron chi connectivity index (χ3n) is 3.26. The summed E-state index contributed by atoms with van der Waals surface area (Å²) in [5.74, 6) is -0.236. The van der Waals surface area contributed by atoms with Crippen molar-refractivity contribution in [2.24, 2.45) is 0 Å². The van der Waals surface area contributed by atoms with E-state index in [1.165, 1.54) is 0 Å². The molecule has 1 aromatic carbocycles. The third-order valence-corrected chi connectivity index (χ3v) is 3.26. The average molecular weight is 287 g/mol. The molecule has 0 atom stereocenters. The molecule has 112 valence electrons. The number of carbonyl (C=O) groups excluding carboxylic acids is 1. The molecule has 1 N–H and O–H groups in total. The Labute approximate surface area is 125 Å². The monoisotopic (exact) mass is 287 g/mol. The fraction of sp³-hybridized carbons (Fsp3) is 0.375. The number of hydrogen-bond donors (Lipinski definition) is 1. The van der Waals surface area contributed by atoms with E-state index in [2.05, 4.69) is 10.3 Å². The van der Waals surface area contributed by atoms with Crippen LogP contribution < -0.4 is 5.32 Å². The number of esters is 1. The lowest BCUT2D eigenvalue weighted by Crippen LogP contribution is -2.47. The van der Waals surface area contributed by atoms with Crippen molar-refractivity contribution in [3.8, 4) is 5.69 Å². The highest BCUT2D eigenvalue weighted by Crippen LogP contribution is 2.11. The Kier molecular flexibility index (Phi) is 4.75. The molecule has 0 saturated heterocycles. The number of ether oxygens (including phenoxy) is 1. The van der Waals surface area contributed by atoms with Gasteiger partial charge in [0, 0.05) is 24.6 Å². The molecule has 5 nitrogen and oxygen atoms in total. The second-order valence-corrected chi connectivity index (χ2v) is 5.34. The van der Waals surface area contributed by atoms with Crippen LogP contribution in [-0.2, 0) is 16.1 Å². The number of nitrogens with one attached hydrogen (secondary N) is 1. The van der Waals surface area contributed by atoms with Crippen molar-refractivity contribution in [2.75, 3.05) is 6.61 Å². The highest BCUT2D eigenvalue weighted by molar-refractivity contribution is 5.79. The minimum atomic E-state index is -0.695. The summed E-state index contributed by atoms with van der Waals surface area (Å²) in [6, 6.07) is 8.11. The first-order valence-corrected chi connectivity index (χ1v) is 7.02. The first-order valence-electron chi connectivity index (χ1n) is 7.02. The maximum absolute atomic E-state index is 11.8. The fourth-order valence-electron chi connectivity index (χ4n) is 1.90. The first-order chi connectivity index (χ1) is 10.0. The normalized spacial score (nSPS) is 11.4. The van der Waals surface area contributed by atoms with Gasteiger partial charge in [-0.25, -0.2) is 4.98 Å². The van der Waals surface area contributed by atoms with Crippen LogP contribution in [0.2, 0.25) is 0 Å². The van der Waals surface area contributed by atoms with Gasteiger partial charge in [-0.1, -0.05) is 12.1 Å². The second kappa shape index (κ2) is 6.54. The van der Waals surface area contributed by atoms with Crippen molar-refractivity contribution in [1.82, 2.24) is 14.9 Å². The van der Waals surface area contributed by atoms with Crippen molar-refractivity contribution in [2.45, 2.75) is 32.9 Å². The van der Waals surface area contributed by atoms with E-state index in [1.807, 2.05) is 55.8 Å². The molecular weight excluding hydrogens is 266 g/mol. The van der Waals surface area contributed by atoms with Gasteiger partial charge in [0.25, 0.3) is 0 Å². The number of imidazole rings is 1. The predicted octanol–water partition coefficient (Wildman–Crippen LogP) is 2.30. The molecule has 0 aliphatic rings. The molecule has 0 spiro atoms. The van der Waals surface area contributed by atoms with Gasteiger partial charge in [-0.05, 0) is 38.5 Å². The van der Waals surface area contributed by atoms with E-state index in [4.69, 9.17) is 4.74 Å². The van der Waals surface area contributed by atoms with Crippen molar-refractivity contribution < 1.29 is 9.53 Å². The van der Waals surface area contributed by atoms with Crippen LogP contribution in [0.1, 0.15) is 26.3 Å². The van der Waals surface area contributed by atoms with Crippen LogP contribution in [0.25, 0.3) is 5.69 Å². The lowest BCUT2D eigenvalue weighted by atomic mass is 10.1.